The van der Waals surface area contributed by atoms with Crippen LogP contribution in [0.4, 0.5) is 5.13 Å². The number of thiazole rings is 1. The molecule has 0 amide bonds. The third kappa shape index (κ3) is 3.54. The van der Waals surface area contributed by atoms with E-state index in [9.17, 15) is 4.79 Å². The van der Waals surface area contributed by atoms with Crippen molar-refractivity contribution in [3.8, 4) is 0 Å². The number of aromatic nitrogens is 1. The second-order valence-electron chi connectivity index (χ2n) is 5.00. The molecule has 0 N–H and O–H groups in total. The minimum absolute atomic E-state index is 0.813. The van der Waals surface area contributed by atoms with E-state index in [1.807, 2.05) is 0 Å². The third-order valence-electron chi connectivity index (χ3n) is 3.49. The SMILES string of the molecule is CCCc1nc(N2CCN(CCC)CC2)sc1C=O. The molecule has 0 unspecified atom stereocenters. The van der Waals surface area contributed by atoms with Gasteiger partial charge in [0.2, 0.25) is 0 Å². The molecule has 0 saturated carbocycles. The molecular weight excluding hydrogens is 258 g/mol. The first-order valence-electron chi connectivity index (χ1n) is 7.20. The second kappa shape index (κ2) is 7.01. The van der Waals surface area contributed by atoms with Gasteiger partial charge in [-0.25, -0.2) is 4.98 Å². The molecule has 1 aliphatic rings. The Kier molecular flexibility index (Phi) is 5.34. The van der Waals surface area contributed by atoms with Crippen molar-refractivity contribution in [2.24, 2.45) is 0 Å². The number of hydrogen-bond donors (Lipinski definition) is 0. The van der Waals surface area contributed by atoms with Gasteiger partial charge in [-0.15, -0.1) is 0 Å². The van der Waals surface area contributed by atoms with E-state index in [1.165, 1.54) is 13.0 Å². The Morgan fingerprint density at radius 2 is 1.95 bits per heavy atom. The summed E-state index contributed by atoms with van der Waals surface area (Å²) in [6, 6.07) is 0. The fraction of sp³-hybridized carbons (Fsp3) is 0.714. The normalized spacial score (nSPS) is 16.8. The molecule has 1 aliphatic heterocycles. The van der Waals surface area contributed by atoms with Gasteiger partial charge in [-0.2, -0.15) is 0 Å². The smallest absolute Gasteiger partial charge is 0.186 e. The van der Waals surface area contributed by atoms with Crippen LogP contribution < -0.4 is 4.90 Å². The van der Waals surface area contributed by atoms with Crippen LogP contribution in [0.15, 0.2) is 0 Å². The summed E-state index contributed by atoms with van der Waals surface area (Å²) in [6.45, 7) is 9.79. The van der Waals surface area contributed by atoms with Gasteiger partial charge in [0.1, 0.15) is 0 Å². The quantitative estimate of drug-likeness (QED) is 0.751. The van der Waals surface area contributed by atoms with Gasteiger partial charge < -0.3 is 4.90 Å². The van der Waals surface area contributed by atoms with Crippen LogP contribution in [-0.4, -0.2) is 48.9 Å². The maximum Gasteiger partial charge on any atom is 0.186 e. The molecule has 1 aromatic heterocycles. The highest BCUT2D eigenvalue weighted by Gasteiger charge is 2.20. The van der Waals surface area contributed by atoms with Crippen molar-refractivity contribution in [3.05, 3.63) is 10.6 Å². The van der Waals surface area contributed by atoms with Crippen molar-refractivity contribution < 1.29 is 4.79 Å². The molecule has 4 nitrogen and oxygen atoms in total. The average molecular weight is 281 g/mol. The van der Waals surface area contributed by atoms with E-state index in [4.69, 9.17) is 0 Å². The standard InChI is InChI=1S/C14H23N3OS/c1-3-5-12-13(11-18)19-14(15-12)17-9-7-16(6-4-2)8-10-17/h11H,3-10H2,1-2H3. The molecule has 0 radical (unpaired) electrons. The number of nitrogens with zero attached hydrogens (tertiary/aromatic N) is 3. The lowest BCUT2D eigenvalue weighted by Crippen LogP contribution is -2.46. The lowest BCUT2D eigenvalue weighted by molar-refractivity contribution is 0.112. The zero-order valence-corrected chi connectivity index (χ0v) is 12.7. The molecule has 5 heteroatoms. The molecule has 19 heavy (non-hydrogen) atoms. The van der Waals surface area contributed by atoms with E-state index in [0.29, 0.717) is 0 Å². The zero-order chi connectivity index (χ0) is 13.7. The van der Waals surface area contributed by atoms with E-state index < -0.39 is 0 Å². The van der Waals surface area contributed by atoms with Crippen molar-refractivity contribution in [1.82, 2.24) is 9.88 Å². The number of rotatable bonds is 6. The Hall–Kier alpha value is -0.940. The van der Waals surface area contributed by atoms with Gasteiger partial charge in [-0.05, 0) is 19.4 Å². The summed E-state index contributed by atoms with van der Waals surface area (Å²) >= 11 is 1.55. The highest BCUT2D eigenvalue weighted by molar-refractivity contribution is 7.17. The first kappa shape index (κ1) is 14.5. The Labute approximate surface area is 119 Å². The molecule has 0 spiro atoms. The minimum atomic E-state index is 0.813. The van der Waals surface area contributed by atoms with E-state index in [0.717, 1.165) is 61.0 Å². The van der Waals surface area contributed by atoms with Crippen molar-refractivity contribution >= 4 is 22.8 Å². The summed E-state index contributed by atoms with van der Waals surface area (Å²) in [7, 11) is 0. The van der Waals surface area contributed by atoms with Crippen LogP contribution in [0.25, 0.3) is 0 Å². The van der Waals surface area contributed by atoms with Gasteiger partial charge in [0.05, 0.1) is 10.6 Å². The molecule has 0 atom stereocenters. The highest BCUT2D eigenvalue weighted by Crippen LogP contribution is 2.26. The number of aryl methyl sites for hydroxylation is 1. The largest absolute Gasteiger partial charge is 0.346 e. The highest BCUT2D eigenvalue weighted by atomic mass is 32.1. The number of carbonyl (C=O) groups excluding carboxylic acids is 1. The van der Waals surface area contributed by atoms with E-state index >= 15 is 0 Å². The summed E-state index contributed by atoms with van der Waals surface area (Å²) < 4.78 is 0. The Morgan fingerprint density at radius 3 is 2.53 bits per heavy atom. The van der Waals surface area contributed by atoms with E-state index in [2.05, 4.69) is 28.6 Å². The number of carbonyl (C=O) groups is 1. The van der Waals surface area contributed by atoms with Crippen LogP contribution in [-0.2, 0) is 6.42 Å². The second-order valence-corrected chi connectivity index (χ2v) is 6.01. The maximum absolute atomic E-state index is 11.1. The summed E-state index contributed by atoms with van der Waals surface area (Å²) in [4.78, 5) is 21.4. The van der Waals surface area contributed by atoms with Gasteiger partial charge in [0.15, 0.2) is 11.4 Å². The molecule has 106 valence electrons. The summed E-state index contributed by atoms with van der Waals surface area (Å²) in [5.41, 5.74) is 0.980. The lowest BCUT2D eigenvalue weighted by atomic mass is 10.2. The Morgan fingerprint density at radius 1 is 1.21 bits per heavy atom. The maximum atomic E-state index is 11.1. The average Bonchev–Trinajstić information content (AvgIpc) is 2.84. The van der Waals surface area contributed by atoms with Gasteiger partial charge in [-0.3, -0.25) is 9.69 Å². The number of aldehydes is 1. The van der Waals surface area contributed by atoms with Crippen molar-refractivity contribution in [3.63, 3.8) is 0 Å². The fourth-order valence-electron chi connectivity index (χ4n) is 2.47. The van der Waals surface area contributed by atoms with Crippen molar-refractivity contribution in [2.45, 2.75) is 33.1 Å². The predicted molar refractivity (Wildman–Crippen MR) is 80.4 cm³/mol. The van der Waals surface area contributed by atoms with E-state index in [-0.39, 0.29) is 0 Å². The molecule has 1 fully saturated rings. The summed E-state index contributed by atoms with van der Waals surface area (Å²) in [6.07, 6.45) is 4.11. The van der Waals surface area contributed by atoms with Crippen LogP contribution >= 0.6 is 11.3 Å². The van der Waals surface area contributed by atoms with Crippen LogP contribution in [0.1, 0.15) is 42.1 Å². The third-order valence-corrected chi connectivity index (χ3v) is 4.58. The fourth-order valence-corrected chi connectivity index (χ4v) is 3.45. The summed E-state index contributed by atoms with van der Waals surface area (Å²) in [5.74, 6) is 0. The molecule has 1 aromatic rings. The molecule has 2 rings (SSSR count). The number of piperazine rings is 1. The first-order valence-corrected chi connectivity index (χ1v) is 8.02. The molecule has 0 aliphatic carbocycles. The van der Waals surface area contributed by atoms with Gasteiger partial charge in [-0.1, -0.05) is 31.6 Å². The van der Waals surface area contributed by atoms with Gasteiger partial charge in [0, 0.05) is 26.2 Å². The topological polar surface area (TPSA) is 36.4 Å². The van der Waals surface area contributed by atoms with Crippen LogP contribution in [0, 0.1) is 0 Å². The first-order chi connectivity index (χ1) is 9.28. The minimum Gasteiger partial charge on any atom is -0.346 e. The van der Waals surface area contributed by atoms with E-state index in [1.54, 1.807) is 11.3 Å². The van der Waals surface area contributed by atoms with Crippen molar-refractivity contribution in [2.75, 3.05) is 37.6 Å². The molecule has 0 aromatic carbocycles. The van der Waals surface area contributed by atoms with Crippen LogP contribution in [0.5, 0.6) is 0 Å². The Balaban J connectivity index is 2.01. The molecule has 1 saturated heterocycles. The van der Waals surface area contributed by atoms with Gasteiger partial charge >= 0.3 is 0 Å². The van der Waals surface area contributed by atoms with Crippen LogP contribution in [0.2, 0.25) is 0 Å². The molecule has 2 heterocycles. The molecular formula is C14H23N3OS. The Bertz CT molecular complexity index is 411. The number of anilines is 1. The predicted octanol–water partition coefficient (Wildman–Crippen LogP) is 2.44. The number of hydrogen-bond acceptors (Lipinski definition) is 5. The van der Waals surface area contributed by atoms with Crippen LogP contribution in [0.3, 0.4) is 0 Å². The van der Waals surface area contributed by atoms with Gasteiger partial charge in [0.25, 0.3) is 0 Å². The summed E-state index contributed by atoms with van der Waals surface area (Å²) in [5, 5.41) is 1.03. The van der Waals surface area contributed by atoms with Crippen molar-refractivity contribution in [1.29, 1.82) is 0 Å². The molecule has 0 bridgehead atoms. The zero-order valence-electron chi connectivity index (χ0n) is 11.9. The monoisotopic (exact) mass is 281 g/mol. The lowest BCUT2D eigenvalue weighted by Gasteiger charge is -2.34.